The molecule has 0 unspecified atom stereocenters. The van der Waals surface area contributed by atoms with Crippen molar-refractivity contribution in [3.05, 3.63) is 42.2 Å². The van der Waals surface area contributed by atoms with Crippen molar-refractivity contribution in [1.29, 1.82) is 0 Å². The van der Waals surface area contributed by atoms with E-state index in [1.807, 2.05) is 6.20 Å². The topological polar surface area (TPSA) is 52.6 Å². The van der Waals surface area contributed by atoms with E-state index >= 15 is 0 Å². The number of rotatable bonds is 7. The summed E-state index contributed by atoms with van der Waals surface area (Å²) in [6, 6.07) is 10.4. The molecule has 0 saturated carbocycles. The zero-order chi connectivity index (χ0) is 18.7. The Labute approximate surface area is 163 Å². The summed E-state index contributed by atoms with van der Waals surface area (Å²) in [5.41, 5.74) is 1.02. The lowest BCUT2D eigenvalue weighted by Gasteiger charge is -2.20. The van der Waals surface area contributed by atoms with Gasteiger partial charge >= 0.3 is 0 Å². The first kappa shape index (κ1) is 19.6. The maximum absolute atomic E-state index is 4.75. The second kappa shape index (κ2) is 10.9. The molecular formula is C22H33N5. The molecule has 5 nitrogen and oxygen atoms in total. The third-order valence-electron chi connectivity index (χ3n) is 5.13. The highest BCUT2D eigenvalue weighted by Gasteiger charge is 2.08. The number of benzene rings is 1. The van der Waals surface area contributed by atoms with Gasteiger partial charge in [-0.2, -0.15) is 0 Å². The van der Waals surface area contributed by atoms with Crippen LogP contribution >= 0.6 is 0 Å². The van der Waals surface area contributed by atoms with Crippen LogP contribution < -0.4 is 10.6 Å². The van der Waals surface area contributed by atoms with Crippen molar-refractivity contribution in [2.24, 2.45) is 4.99 Å². The molecule has 0 amide bonds. The first-order chi connectivity index (χ1) is 13.4. The van der Waals surface area contributed by atoms with E-state index in [-0.39, 0.29) is 0 Å². The van der Waals surface area contributed by atoms with Gasteiger partial charge in [0.1, 0.15) is 0 Å². The number of aromatic nitrogens is 1. The molecule has 3 rings (SSSR count). The summed E-state index contributed by atoms with van der Waals surface area (Å²) in [6.07, 6.45) is 8.53. The summed E-state index contributed by atoms with van der Waals surface area (Å²) >= 11 is 0. The van der Waals surface area contributed by atoms with Crippen molar-refractivity contribution in [2.75, 3.05) is 32.7 Å². The van der Waals surface area contributed by atoms with Gasteiger partial charge in [0.05, 0.1) is 12.2 Å². The number of pyridine rings is 1. The van der Waals surface area contributed by atoms with Gasteiger partial charge in [0.15, 0.2) is 5.96 Å². The Morgan fingerprint density at radius 1 is 1.07 bits per heavy atom. The monoisotopic (exact) mass is 367 g/mol. The lowest BCUT2D eigenvalue weighted by molar-refractivity contribution is 0.282. The van der Waals surface area contributed by atoms with Crippen molar-refractivity contribution < 1.29 is 0 Å². The summed E-state index contributed by atoms with van der Waals surface area (Å²) in [5, 5.41) is 9.22. The van der Waals surface area contributed by atoms with Crippen molar-refractivity contribution in [1.82, 2.24) is 20.5 Å². The number of fused-ring (bicyclic) bond motifs is 1. The van der Waals surface area contributed by atoms with Gasteiger partial charge in [-0.25, -0.2) is 4.99 Å². The van der Waals surface area contributed by atoms with Gasteiger partial charge in [-0.15, -0.1) is 0 Å². The molecule has 1 fully saturated rings. The van der Waals surface area contributed by atoms with Crippen LogP contribution in [-0.2, 0) is 6.54 Å². The Hall–Kier alpha value is -2.14. The van der Waals surface area contributed by atoms with E-state index in [1.54, 1.807) is 0 Å². The molecule has 0 spiro atoms. The third kappa shape index (κ3) is 6.21. The van der Waals surface area contributed by atoms with E-state index < -0.39 is 0 Å². The van der Waals surface area contributed by atoms with Gasteiger partial charge in [0.2, 0.25) is 0 Å². The quantitative estimate of drug-likeness (QED) is 0.446. The average Bonchev–Trinajstić information content (AvgIpc) is 2.98. The molecular weight excluding hydrogens is 334 g/mol. The van der Waals surface area contributed by atoms with Crippen molar-refractivity contribution in [3.63, 3.8) is 0 Å². The minimum atomic E-state index is 0.586. The summed E-state index contributed by atoms with van der Waals surface area (Å²) in [6.45, 7) is 8.21. The smallest absolute Gasteiger partial charge is 0.191 e. The van der Waals surface area contributed by atoms with Crippen LogP contribution in [0.4, 0.5) is 0 Å². The molecule has 146 valence electrons. The predicted octanol–water partition coefficient (Wildman–Crippen LogP) is 3.56. The Morgan fingerprint density at radius 2 is 1.89 bits per heavy atom. The molecule has 2 heterocycles. The second-order valence-electron chi connectivity index (χ2n) is 7.21. The van der Waals surface area contributed by atoms with E-state index in [9.17, 15) is 0 Å². The molecule has 2 N–H and O–H groups in total. The van der Waals surface area contributed by atoms with Crippen LogP contribution in [0.2, 0.25) is 0 Å². The largest absolute Gasteiger partial charge is 0.357 e. The average molecular weight is 368 g/mol. The van der Waals surface area contributed by atoms with Crippen LogP contribution in [0.15, 0.2) is 41.5 Å². The minimum Gasteiger partial charge on any atom is -0.357 e. The molecule has 0 atom stereocenters. The molecule has 0 aliphatic carbocycles. The van der Waals surface area contributed by atoms with Crippen LogP contribution in [0.25, 0.3) is 10.8 Å². The minimum absolute atomic E-state index is 0.586. The number of guanidine groups is 1. The lowest BCUT2D eigenvalue weighted by Crippen LogP contribution is -2.39. The Bertz CT molecular complexity index is 714. The maximum atomic E-state index is 4.75. The molecule has 1 aromatic carbocycles. The zero-order valence-electron chi connectivity index (χ0n) is 16.6. The van der Waals surface area contributed by atoms with Gasteiger partial charge < -0.3 is 15.5 Å². The molecule has 1 aliphatic heterocycles. The molecule has 0 bridgehead atoms. The first-order valence-electron chi connectivity index (χ1n) is 10.4. The molecule has 2 aromatic rings. The molecule has 1 aliphatic rings. The fourth-order valence-electron chi connectivity index (χ4n) is 3.67. The summed E-state index contributed by atoms with van der Waals surface area (Å²) in [5.74, 6) is 0.878. The standard InChI is InChI=1S/C22H33N5/c1-2-23-22(25-13-9-17-27-15-7-3-4-8-16-27)26-18-21-20-11-6-5-10-19(20)12-14-24-21/h5-6,10-12,14H,2-4,7-9,13,15-18H2,1H3,(H2,23,25,26). The Morgan fingerprint density at radius 3 is 2.70 bits per heavy atom. The molecule has 5 heteroatoms. The first-order valence-corrected chi connectivity index (χ1v) is 10.4. The number of hydrogen-bond acceptors (Lipinski definition) is 3. The van der Waals surface area contributed by atoms with E-state index in [0.717, 1.165) is 31.2 Å². The highest BCUT2D eigenvalue weighted by Crippen LogP contribution is 2.16. The van der Waals surface area contributed by atoms with Crippen molar-refractivity contribution >= 4 is 16.7 Å². The van der Waals surface area contributed by atoms with Gasteiger partial charge in [0.25, 0.3) is 0 Å². The van der Waals surface area contributed by atoms with Crippen LogP contribution in [0, 0.1) is 0 Å². The second-order valence-corrected chi connectivity index (χ2v) is 7.21. The van der Waals surface area contributed by atoms with Crippen LogP contribution in [0.5, 0.6) is 0 Å². The van der Waals surface area contributed by atoms with E-state index in [2.05, 4.69) is 57.8 Å². The molecule has 0 radical (unpaired) electrons. The Kier molecular flexibility index (Phi) is 7.90. The van der Waals surface area contributed by atoms with Crippen LogP contribution in [-0.4, -0.2) is 48.6 Å². The summed E-state index contributed by atoms with van der Waals surface area (Å²) in [7, 11) is 0. The number of likely N-dealkylation sites (tertiary alicyclic amines) is 1. The van der Waals surface area contributed by atoms with Gasteiger partial charge in [0, 0.05) is 24.7 Å². The fourth-order valence-corrected chi connectivity index (χ4v) is 3.67. The fraction of sp³-hybridized carbons (Fsp3) is 0.545. The van der Waals surface area contributed by atoms with Crippen LogP contribution in [0.1, 0.15) is 44.7 Å². The predicted molar refractivity (Wildman–Crippen MR) is 114 cm³/mol. The molecule has 1 saturated heterocycles. The van der Waals surface area contributed by atoms with E-state index in [1.165, 1.54) is 56.1 Å². The molecule has 27 heavy (non-hydrogen) atoms. The van der Waals surface area contributed by atoms with E-state index in [0.29, 0.717) is 6.54 Å². The summed E-state index contributed by atoms with van der Waals surface area (Å²) < 4.78 is 0. The Balaban J connectivity index is 1.51. The van der Waals surface area contributed by atoms with Gasteiger partial charge in [-0.3, -0.25) is 4.98 Å². The number of aliphatic imine (C=N–C) groups is 1. The number of nitrogens with one attached hydrogen (secondary N) is 2. The normalized spacial score (nSPS) is 16.3. The maximum Gasteiger partial charge on any atom is 0.191 e. The van der Waals surface area contributed by atoms with Crippen molar-refractivity contribution in [3.8, 4) is 0 Å². The lowest BCUT2D eigenvalue weighted by atomic mass is 10.1. The number of hydrogen-bond donors (Lipinski definition) is 2. The van der Waals surface area contributed by atoms with Gasteiger partial charge in [-0.05, 0) is 57.3 Å². The van der Waals surface area contributed by atoms with E-state index in [4.69, 9.17) is 4.99 Å². The number of nitrogens with zero attached hydrogens (tertiary/aromatic N) is 3. The third-order valence-corrected chi connectivity index (χ3v) is 5.13. The van der Waals surface area contributed by atoms with Crippen LogP contribution in [0.3, 0.4) is 0 Å². The highest BCUT2D eigenvalue weighted by molar-refractivity contribution is 5.85. The molecule has 1 aromatic heterocycles. The van der Waals surface area contributed by atoms with Gasteiger partial charge in [-0.1, -0.05) is 37.1 Å². The summed E-state index contributed by atoms with van der Waals surface area (Å²) in [4.78, 5) is 11.9. The van der Waals surface area contributed by atoms with Crippen molar-refractivity contribution in [2.45, 2.75) is 45.6 Å². The SMILES string of the molecule is CCNC(=NCc1nccc2ccccc12)NCCCN1CCCCCC1. The highest BCUT2D eigenvalue weighted by atomic mass is 15.2. The zero-order valence-corrected chi connectivity index (χ0v) is 16.6.